The molecule has 0 radical (unpaired) electrons. The zero-order chi connectivity index (χ0) is 27.0. The number of halogens is 1. The van der Waals surface area contributed by atoms with Crippen molar-refractivity contribution < 1.29 is 24.2 Å². The molecular weight excluding hydrogens is 508 g/mol. The molecule has 3 aromatic rings. The van der Waals surface area contributed by atoms with Crippen molar-refractivity contribution in [3.63, 3.8) is 0 Å². The first-order chi connectivity index (χ1) is 17.6. The number of aliphatic hydroxyl groups is 1. The Kier molecular flexibility index (Phi) is 11.1. The number of amides is 3. The summed E-state index contributed by atoms with van der Waals surface area (Å²) in [6.45, 7) is 3.07. The summed E-state index contributed by atoms with van der Waals surface area (Å²) in [6, 6.07) is 19.2. The zero-order valence-electron chi connectivity index (χ0n) is 21.7. The highest BCUT2D eigenvalue weighted by atomic mass is 35.5. The Hall–Kier alpha value is -3.66. The lowest BCUT2D eigenvalue weighted by atomic mass is 9.98. The minimum absolute atomic E-state index is 0. The van der Waals surface area contributed by atoms with E-state index in [2.05, 4.69) is 16.0 Å². The lowest BCUT2D eigenvalue weighted by molar-refractivity contribution is -0.132. The molecule has 9 nitrogen and oxygen atoms in total. The SMILES string of the molecule is COc1ccc(C(=O)NC(C)(C)C(=O)N[C@H](Cc2ccc3ccccc3c2)C(=O)NCC(O)CN)cc1.Cl. The minimum atomic E-state index is -1.32. The van der Waals surface area contributed by atoms with Gasteiger partial charge in [-0.05, 0) is 54.4 Å². The van der Waals surface area contributed by atoms with Gasteiger partial charge in [-0.2, -0.15) is 0 Å². The molecule has 0 saturated heterocycles. The van der Waals surface area contributed by atoms with Gasteiger partial charge in [-0.15, -0.1) is 12.4 Å². The van der Waals surface area contributed by atoms with Crippen LogP contribution in [0.5, 0.6) is 5.75 Å². The highest BCUT2D eigenvalue weighted by Crippen LogP contribution is 2.17. The van der Waals surface area contributed by atoms with E-state index in [1.165, 1.54) is 7.11 Å². The van der Waals surface area contributed by atoms with Gasteiger partial charge in [-0.25, -0.2) is 0 Å². The van der Waals surface area contributed by atoms with E-state index in [9.17, 15) is 19.5 Å². The van der Waals surface area contributed by atoms with Crippen molar-refractivity contribution in [3.05, 3.63) is 77.9 Å². The van der Waals surface area contributed by atoms with E-state index in [4.69, 9.17) is 10.5 Å². The zero-order valence-corrected chi connectivity index (χ0v) is 22.5. The van der Waals surface area contributed by atoms with E-state index < -0.39 is 35.4 Å². The maximum Gasteiger partial charge on any atom is 0.252 e. The number of nitrogens with two attached hydrogens (primary N) is 1. The van der Waals surface area contributed by atoms with E-state index in [0.29, 0.717) is 11.3 Å². The molecule has 1 unspecified atom stereocenters. The fourth-order valence-corrected chi connectivity index (χ4v) is 3.73. The predicted molar refractivity (Wildman–Crippen MR) is 149 cm³/mol. The Morgan fingerprint density at radius 3 is 2.29 bits per heavy atom. The number of carbonyl (C=O) groups is 3. The number of nitrogens with one attached hydrogen (secondary N) is 3. The van der Waals surface area contributed by atoms with Crippen LogP contribution in [0.4, 0.5) is 0 Å². The number of carbonyl (C=O) groups excluding carboxylic acids is 3. The van der Waals surface area contributed by atoms with Gasteiger partial charge < -0.3 is 31.5 Å². The smallest absolute Gasteiger partial charge is 0.252 e. The summed E-state index contributed by atoms with van der Waals surface area (Å²) in [6.07, 6.45) is -0.690. The van der Waals surface area contributed by atoms with E-state index in [1.807, 2.05) is 42.5 Å². The van der Waals surface area contributed by atoms with Gasteiger partial charge in [0.2, 0.25) is 11.8 Å². The van der Waals surface area contributed by atoms with Crippen LogP contribution in [0.1, 0.15) is 29.8 Å². The van der Waals surface area contributed by atoms with Crippen LogP contribution < -0.4 is 26.4 Å². The summed E-state index contributed by atoms with van der Waals surface area (Å²) in [7, 11) is 1.53. The summed E-state index contributed by atoms with van der Waals surface area (Å²) < 4.78 is 5.11. The molecule has 0 fully saturated rings. The van der Waals surface area contributed by atoms with Gasteiger partial charge in [0.05, 0.1) is 13.2 Å². The average molecular weight is 543 g/mol. The monoisotopic (exact) mass is 542 g/mol. The van der Waals surface area contributed by atoms with Crippen LogP contribution in [0, 0.1) is 0 Å². The van der Waals surface area contributed by atoms with Gasteiger partial charge >= 0.3 is 0 Å². The Balaban J connectivity index is 0.00000507. The van der Waals surface area contributed by atoms with Crippen LogP contribution in [0.15, 0.2) is 66.7 Å². The normalized spacial score (nSPS) is 12.6. The summed E-state index contributed by atoms with van der Waals surface area (Å²) in [4.78, 5) is 39.0. The van der Waals surface area contributed by atoms with E-state index in [-0.39, 0.29) is 31.9 Å². The molecule has 0 aliphatic carbocycles. The largest absolute Gasteiger partial charge is 0.497 e. The molecule has 0 bridgehead atoms. The number of hydrogen-bond acceptors (Lipinski definition) is 6. The van der Waals surface area contributed by atoms with E-state index in [1.54, 1.807) is 38.1 Å². The molecule has 3 aromatic carbocycles. The molecule has 0 aliphatic rings. The number of benzene rings is 3. The van der Waals surface area contributed by atoms with Gasteiger partial charge in [0.15, 0.2) is 0 Å². The van der Waals surface area contributed by atoms with Gasteiger partial charge in [-0.3, -0.25) is 14.4 Å². The van der Waals surface area contributed by atoms with Crippen LogP contribution >= 0.6 is 12.4 Å². The molecule has 10 heteroatoms. The second kappa shape index (κ2) is 13.8. The van der Waals surface area contributed by atoms with Gasteiger partial charge in [0, 0.05) is 25.1 Å². The van der Waals surface area contributed by atoms with Crippen molar-refractivity contribution in [2.24, 2.45) is 5.73 Å². The highest BCUT2D eigenvalue weighted by Gasteiger charge is 2.33. The number of fused-ring (bicyclic) bond motifs is 1. The Labute approximate surface area is 228 Å². The first-order valence-electron chi connectivity index (χ1n) is 12.0. The van der Waals surface area contributed by atoms with Gasteiger partial charge in [0.25, 0.3) is 5.91 Å². The summed E-state index contributed by atoms with van der Waals surface area (Å²) >= 11 is 0. The fraction of sp³-hybridized carbons (Fsp3) is 0.321. The molecule has 204 valence electrons. The van der Waals surface area contributed by atoms with Crippen molar-refractivity contribution >= 4 is 40.9 Å². The number of methoxy groups -OCH3 is 1. The van der Waals surface area contributed by atoms with Crippen molar-refractivity contribution in [3.8, 4) is 5.75 Å². The molecule has 0 aromatic heterocycles. The molecule has 6 N–H and O–H groups in total. The molecular formula is C28H35ClN4O5. The van der Waals surface area contributed by atoms with E-state index in [0.717, 1.165) is 16.3 Å². The molecule has 0 saturated carbocycles. The first kappa shape index (κ1) is 30.6. The lowest BCUT2D eigenvalue weighted by Gasteiger charge is -2.28. The molecule has 2 atom stereocenters. The number of aliphatic hydroxyl groups excluding tert-OH is 1. The van der Waals surface area contributed by atoms with Crippen LogP contribution in [-0.4, -0.2) is 60.7 Å². The Bertz CT molecular complexity index is 1250. The Morgan fingerprint density at radius 1 is 1.00 bits per heavy atom. The van der Waals surface area contributed by atoms with Crippen LogP contribution in [-0.2, 0) is 16.0 Å². The molecule has 0 heterocycles. The first-order valence-corrected chi connectivity index (χ1v) is 12.0. The third-order valence-corrected chi connectivity index (χ3v) is 6.01. The van der Waals surface area contributed by atoms with Crippen LogP contribution in [0.3, 0.4) is 0 Å². The topological polar surface area (TPSA) is 143 Å². The van der Waals surface area contributed by atoms with Gasteiger partial charge in [-0.1, -0.05) is 42.5 Å². The third-order valence-electron chi connectivity index (χ3n) is 6.01. The number of hydrogen-bond donors (Lipinski definition) is 5. The molecule has 3 amide bonds. The summed E-state index contributed by atoms with van der Waals surface area (Å²) in [5, 5.41) is 20.0. The second-order valence-electron chi connectivity index (χ2n) is 9.35. The van der Waals surface area contributed by atoms with Crippen molar-refractivity contribution in [2.75, 3.05) is 20.2 Å². The Morgan fingerprint density at radius 2 is 1.66 bits per heavy atom. The fourth-order valence-electron chi connectivity index (χ4n) is 3.73. The predicted octanol–water partition coefficient (Wildman–Crippen LogP) is 1.94. The molecule has 0 aliphatic heterocycles. The van der Waals surface area contributed by atoms with Crippen molar-refractivity contribution in [1.29, 1.82) is 0 Å². The summed E-state index contributed by atoms with van der Waals surface area (Å²) in [5.74, 6) is -0.832. The van der Waals surface area contributed by atoms with Crippen LogP contribution in [0.25, 0.3) is 10.8 Å². The highest BCUT2D eigenvalue weighted by molar-refractivity contribution is 6.00. The standard InChI is InChI=1S/C28H34N4O5.ClH/c1-28(2,32-25(34)20-10-12-23(37-3)13-11-20)27(36)31-24(26(35)30-17-22(33)16-29)15-18-8-9-19-6-4-5-7-21(19)14-18;/h4-14,22,24,33H,15-17,29H2,1-3H3,(H,30,35)(H,31,36)(H,32,34);1H/t22?,24-;/m1./s1. The number of rotatable bonds is 11. The third kappa shape index (κ3) is 8.17. The average Bonchev–Trinajstić information content (AvgIpc) is 2.90. The molecule has 38 heavy (non-hydrogen) atoms. The second-order valence-corrected chi connectivity index (χ2v) is 9.35. The quantitative estimate of drug-likeness (QED) is 0.250. The van der Waals surface area contributed by atoms with Gasteiger partial charge in [0.1, 0.15) is 17.3 Å². The molecule has 3 rings (SSSR count). The molecule has 0 spiro atoms. The summed E-state index contributed by atoms with van der Waals surface area (Å²) in [5.41, 5.74) is 5.33. The minimum Gasteiger partial charge on any atom is -0.497 e. The van der Waals surface area contributed by atoms with Crippen molar-refractivity contribution in [2.45, 2.75) is 38.0 Å². The maximum absolute atomic E-state index is 13.2. The maximum atomic E-state index is 13.2. The lowest BCUT2D eigenvalue weighted by Crippen LogP contribution is -2.59. The van der Waals surface area contributed by atoms with E-state index >= 15 is 0 Å². The van der Waals surface area contributed by atoms with Crippen LogP contribution in [0.2, 0.25) is 0 Å². The number of ether oxygens (including phenoxy) is 1. The van der Waals surface area contributed by atoms with Crippen molar-refractivity contribution in [1.82, 2.24) is 16.0 Å².